The van der Waals surface area contributed by atoms with E-state index in [1.165, 1.54) is 36.4 Å². The number of benzene rings is 4. The molecule has 2 fully saturated rings. The third kappa shape index (κ3) is 15.6. The number of hydrogen-bond donors (Lipinski definition) is 0. The first kappa shape index (κ1) is 52.5. The number of rotatable bonds is 24. The molecule has 18 heteroatoms. The highest BCUT2D eigenvalue weighted by atomic mass is 16.7. The molecule has 0 saturated carbocycles. The molecule has 4 aromatic carbocycles. The molecule has 4 aromatic rings. The van der Waals surface area contributed by atoms with Gasteiger partial charge in [-0.1, -0.05) is 37.4 Å². The standard InChI is InChI=1S/C54H48N2O16/c1-4-47(57)65-28-8-6-26-63-40-22-14-37(15-23-40)51(59)69-42-18-10-35(11-19-42)30-39(32-55)53(61)71-45-33-67-50-46(34-68-49(45)50)72-54(62)44(56-3)31-36-12-20-43(21-13-36)70-52(60)38-16-24-41(25-17-38)64-27-7-9-29-66-48(58)5-2/h4-5,10-25,30-31,45-46,49-50H,1-2,6-9,26-29,33-34H2/b39-30+,44-31-/t45-,46-,49?,50?/m1/s1. The highest BCUT2D eigenvalue weighted by Crippen LogP contribution is 2.32. The molecule has 72 heavy (non-hydrogen) atoms. The summed E-state index contributed by atoms with van der Waals surface area (Å²) in [6, 6.07) is 26.8. The van der Waals surface area contributed by atoms with Gasteiger partial charge in [0.25, 0.3) is 5.70 Å². The summed E-state index contributed by atoms with van der Waals surface area (Å²) in [5.41, 5.74) is 0.785. The summed E-state index contributed by atoms with van der Waals surface area (Å²) in [6.07, 6.45) is 3.86. The minimum atomic E-state index is -0.942. The summed E-state index contributed by atoms with van der Waals surface area (Å²) >= 11 is 0. The molecule has 0 amide bonds. The molecule has 2 heterocycles. The van der Waals surface area contributed by atoms with E-state index in [0.717, 1.165) is 12.2 Å². The lowest BCUT2D eigenvalue weighted by atomic mass is 10.1. The molecule has 370 valence electrons. The number of fused-ring (bicyclic) bond motifs is 1. The summed E-state index contributed by atoms with van der Waals surface area (Å²) in [4.78, 5) is 77.4. The fourth-order valence-corrected chi connectivity index (χ4v) is 6.85. The highest BCUT2D eigenvalue weighted by molar-refractivity contribution is 5.98. The molecule has 2 aliphatic heterocycles. The van der Waals surface area contributed by atoms with Gasteiger partial charge in [-0.25, -0.2) is 28.8 Å². The van der Waals surface area contributed by atoms with Crippen molar-refractivity contribution < 1.29 is 76.1 Å². The molecule has 0 spiro atoms. The van der Waals surface area contributed by atoms with E-state index in [4.69, 9.17) is 53.9 Å². The number of carbonyl (C=O) groups is 6. The number of unbranched alkanes of at least 4 members (excludes halogenated alkanes) is 2. The first-order valence-corrected chi connectivity index (χ1v) is 22.5. The van der Waals surface area contributed by atoms with Crippen LogP contribution < -0.4 is 18.9 Å². The van der Waals surface area contributed by atoms with Crippen molar-refractivity contribution in [2.45, 2.75) is 50.1 Å². The van der Waals surface area contributed by atoms with Gasteiger partial charge in [-0.3, -0.25) is 4.79 Å². The second-order valence-corrected chi connectivity index (χ2v) is 15.6. The van der Waals surface area contributed by atoms with Crippen molar-refractivity contribution >= 4 is 48.0 Å². The minimum absolute atomic E-state index is 0.108. The van der Waals surface area contributed by atoms with E-state index in [1.54, 1.807) is 72.8 Å². The minimum Gasteiger partial charge on any atom is -0.494 e. The van der Waals surface area contributed by atoms with Crippen molar-refractivity contribution in [2.24, 2.45) is 0 Å². The second-order valence-electron chi connectivity index (χ2n) is 15.6. The van der Waals surface area contributed by atoms with Crippen LogP contribution in [0.1, 0.15) is 57.5 Å². The highest BCUT2D eigenvalue weighted by Gasteiger charge is 2.51. The third-order valence-electron chi connectivity index (χ3n) is 10.6. The van der Waals surface area contributed by atoms with Crippen molar-refractivity contribution in [3.8, 4) is 29.1 Å². The normalized spacial score (nSPS) is 16.9. The largest absolute Gasteiger partial charge is 0.494 e. The van der Waals surface area contributed by atoms with E-state index < -0.39 is 60.2 Å². The number of nitrogens with zero attached hydrogens (tertiary/aromatic N) is 2. The van der Waals surface area contributed by atoms with Crippen LogP contribution in [0.4, 0.5) is 0 Å². The zero-order chi connectivity index (χ0) is 51.2. The second kappa shape index (κ2) is 26.8. The van der Waals surface area contributed by atoms with Gasteiger partial charge in [0.2, 0.25) is 0 Å². The Hall–Kier alpha value is -8.84. The average Bonchev–Trinajstić information content (AvgIpc) is 4.00. The van der Waals surface area contributed by atoms with Crippen molar-refractivity contribution in [2.75, 3.05) is 39.6 Å². The number of ether oxygens (including phenoxy) is 10. The Kier molecular flexibility index (Phi) is 19.5. The summed E-state index contributed by atoms with van der Waals surface area (Å²) < 4.78 is 54.9. The molecular formula is C54H48N2O16. The average molecular weight is 981 g/mol. The fraction of sp³-hybridized carbons (Fsp3) is 0.259. The first-order valence-electron chi connectivity index (χ1n) is 22.5. The Morgan fingerprint density at radius 1 is 0.583 bits per heavy atom. The molecule has 0 N–H and O–H groups in total. The Morgan fingerprint density at radius 2 is 0.986 bits per heavy atom. The lowest BCUT2D eigenvalue weighted by Crippen LogP contribution is -2.36. The van der Waals surface area contributed by atoms with Crippen LogP contribution in [-0.2, 0) is 47.6 Å². The zero-order valence-electron chi connectivity index (χ0n) is 38.8. The van der Waals surface area contributed by atoms with Crippen molar-refractivity contribution in [1.82, 2.24) is 0 Å². The third-order valence-corrected chi connectivity index (χ3v) is 10.6. The van der Waals surface area contributed by atoms with Gasteiger partial charge in [-0.15, -0.1) is 0 Å². The Balaban J connectivity index is 0.922. The molecule has 2 aliphatic rings. The van der Waals surface area contributed by atoms with Crippen LogP contribution in [0.2, 0.25) is 0 Å². The van der Waals surface area contributed by atoms with Crippen LogP contribution >= 0.6 is 0 Å². The molecule has 0 aromatic heterocycles. The number of carbonyl (C=O) groups excluding carboxylic acids is 6. The Morgan fingerprint density at radius 3 is 1.40 bits per heavy atom. The molecule has 0 radical (unpaired) electrons. The van der Waals surface area contributed by atoms with E-state index in [2.05, 4.69) is 18.0 Å². The van der Waals surface area contributed by atoms with Crippen LogP contribution in [0.5, 0.6) is 23.0 Å². The number of nitriles is 1. The van der Waals surface area contributed by atoms with E-state index in [0.29, 0.717) is 61.5 Å². The predicted octanol–water partition coefficient (Wildman–Crippen LogP) is 7.39. The van der Waals surface area contributed by atoms with E-state index >= 15 is 0 Å². The Labute approximate surface area is 414 Å². The van der Waals surface area contributed by atoms with Gasteiger partial charge < -0.3 is 47.4 Å². The monoisotopic (exact) mass is 980 g/mol. The van der Waals surface area contributed by atoms with Crippen LogP contribution in [0.15, 0.2) is 134 Å². The van der Waals surface area contributed by atoms with Crippen molar-refractivity contribution in [3.63, 3.8) is 0 Å². The maximum Gasteiger partial charge on any atom is 0.349 e. The fourth-order valence-electron chi connectivity index (χ4n) is 6.85. The van der Waals surface area contributed by atoms with E-state index in [9.17, 15) is 34.0 Å². The molecule has 6 rings (SSSR count). The topological polar surface area (TPSA) is 223 Å². The summed E-state index contributed by atoms with van der Waals surface area (Å²) in [6.45, 7) is 15.4. The molecule has 2 unspecified atom stereocenters. The smallest absolute Gasteiger partial charge is 0.349 e. The maximum atomic E-state index is 13.1. The first-order chi connectivity index (χ1) is 35.0. The summed E-state index contributed by atoms with van der Waals surface area (Å²) in [7, 11) is 0. The molecule has 2 saturated heterocycles. The van der Waals surface area contributed by atoms with Gasteiger partial charge in [-0.2, -0.15) is 5.26 Å². The van der Waals surface area contributed by atoms with Crippen LogP contribution in [0.25, 0.3) is 17.0 Å². The van der Waals surface area contributed by atoms with Crippen molar-refractivity contribution in [1.29, 1.82) is 5.26 Å². The van der Waals surface area contributed by atoms with E-state index in [1.807, 2.05) is 6.07 Å². The quantitative estimate of drug-likeness (QED) is 0.0127. The van der Waals surface area contributed by atoms with Gasteiger partial charge in [0, 0.05) is 12.2 Å². The molecule has 0 bridgehead atoms. The van der Waals surface area contributed by atoms with Gasteiger partial charge in [0.1, 0.15) is 46.8 Å². The van der Waals surface area contributed by atoms with Crippen LogP contribution in [-0.4, -0.2) is 99.9 Å². The summed E-state index contributed by atoms with van der Waals surface area (Å²) in [5.74, 6) is -2.52. The lowest BCUT2D eigenvalue weighted by Gasteiger charge is -2.17. The van der Waals surface area contributed by atoms with Crippen LogP contribution in [0.3, 0.4) is 0 Å². The number of hydrogen-bond acceptors (Lipinski definition) is 17. The van der Waals surface area contributed by atoms with Gasteiger partial charge in [-0.05, 0) is 122 Å². The van der Waals surface area contributed by atoms with Gasteiger partial charge in [0.05, 0.1) is 57.3 Å². The Bertz CT molecular complexity index is 2540. The molecule has 0 aliphatic carbocycles. The van der Waals surface area contributed by atoms with Crippen molar-refractivity contribution in [3.05, 3.63) is 167 Å². The predicted molar refractivity (Wildman–Crippen MR) is 255 cm³/mol. The van der Waals surface area contributed by atoms with Gasteiger partial charge in [0.15, 0.2) is 12.2 Å². The molecule has 4 atom stereocenters. The maximum absolute atomic E-state index is 13.1. The van der Waals surface area contributed by atoms with E-state index in [-0.39, 0.29) is 60.3 Å². The van der Waals surface area contributed by atoms with Crippen LogP contribution in [0, 0.1) is 17.9 Å². The zero-order valence-corrected chi connectivity index (χ0v) is 38.8. The SMILES string of the molecule is [C-]#[N+]/C(=C\c1ccc(OC(=O)c2ccc(OCCCCOC(=O)C=C)cc2)cc1)C(=O)O[C@@H]1COC2C1OC[C@H]2OC(=O)/C(C#N)=C/c1ccc(OC(=O)c2ccc(OCCCCOC(=O)C=C)cc2)cc1. The summed E-state index contributed by atoms with van der Waals surface area (Å²) in [5, 5.41) is 9.82. The molecular weight excluding hydrogens is 933 g/mol. The lowest BCUT2D eigenvalue weighted by molar-refractivity contribution is -0.150. The molecule has 18 nitrogen and oxygen atoms in total. The number of esters is 6. The van der Waals surface area contributed by atoms with Gasteiger partial charge >= 0.3 is 35.8 Å².